The van der Waals surface area contributed by atoms with E-state index in [1.54, 1.807) is 0 Å². The zero-order chi connectivity index (χ0) is 27.4. The maximum Gasteiger partial charge on any atom is 0.323 e. The van der Waals surface area contributed by atoms with Crippen molar-refractivity contribution in [1.29, 1.82) is 0 Å². The second kappa shape index (κ2) is 11.6. The smallest absolute Gasteiger partial charge is 0.323 e. The quantitative estimate of drug-likeness (QED) is 0.317. The van der Waals surface area contributed by atoms with Gasteiger partial charge in [0.25, 0.3) is 0 Å². The second-order valence-corrected chi connectivity index (χ2v) is 11.0. The zero-order valence-corrected chi connectivity index (χ0v) is 22.7. The van der Waals surface area contributed by atoms with Crippen LogP contribution in [0, 0.1) is 5.82 Å². The lowest BCUT2D eigenvalue weighted by atomic mass is 9.90. The highest BCUT2D eigenvalue weighted by Gasteiger charge is 2.35. The number of aryl methyl sites for hydroxylation is 1. The number of halogens is 2. The maximum atomic E-state index is 13.5. The first kappa shape index (κ1) is 27.6. The van der Waals surface area contributed by atoms with Crippen molar-refractivity contribution in [2.24, 2.45) is 0 Å². The van der Waals surface area contributed by atoms with Crippen LogP contribution in [0.2, 0.25) is 5.02 Å². The Morgan fingerprint density at radius 1 is 1.05 bits per heavy atom. The van der Waals surface area contributed by atoms with E-state index in [0.717, 1.165) is 29.7 Å². The number of ether oxygens (including phenoxy) is 1. The highest BCUT2D eigenvalue weighted by atomic mass is 35.5. The van der Waals surface area contributed by atoms with Gasteiger partial charge in [-0.25, -0.2) is 4.39 Å². The number of rotatable bonds is 10. The van der Waals surface area contributed by atoms with Crippen LogP contribution in [0.4, 0.5) is 4.39 Å². The minimum atomic E-state index is -1.11. The van der Waals surface area contributed by atoms with E-state index in [1.807, 2.05) is 12.1 Å². The fourth-order valence-corrected chi connectivity index (χ4v) is 5.15. The first-order valence-electron chi connectivity index (χ1n) is 12.8. The molecule has 0 aliphatic carbocycles. The summed E-state index contributed by atoms with van der Waals surface area (Å²) in [6.45, 7) is 6.09. The van der Waals surface area contributed by atoms with Crippen molar-refractivity contribution in [2.75, 3.05) is 6.54 Å². The van der Waals surface area contributed by atoms with E-state index in [2.05, 4.69) is 51.1 Å². The van der Waals surface area contributed by atoms with Crippen LogP contribution < -0.4 is 4.74 Å². The molecule has 4 rings (SSSR count). The summed E-state index contributed by atoms with van der Waals surface area (Å²) in [7, 11) is 0. The van der Waals surface area contributed by atoms with Gasteiger partial charge >= 0.3 is 5.97 Å². The lowest BCUT2D eigenvalue weighted by molar-refractivity contribution is -0.144. The Hall–Kier alpha value is -3.38. The van der Waals surface area contributed by atoms with Gasteiger partial charge in [-0.3, -0.25) is 9.59 Å². The Kier molecular flexibility index (Phi) is 8.41. The minimum absolute atomic E-state index is 0.0413. The molecule has 0 radical (unpaired) electrons. The molecule has 3 aromatic carbocycles. The predicted octanol–water partition coefficient (Wildman–Crippen LogP) is 6.58. The number of benzene rings is 3. The second-order valence-electron chi connectivity index (χ2n) is 10.6. The Bertz CT molecular complexity index is 1320. The Balaban J connectivity index is 1.38. The molecule has 0 spiro atoms. The number of nitrogens with zero attached hydrogens (tertiary/aromatic N) is 1. The van der Waals surface area contributed by atoms with Crippen molar-refractivity contribution in [2.45, 2.75) is 64.5 Å². The standard InChI is InChI=1S/C31H33ClFNO4/c1-20(2)24-9-4-22(5-10-24)16-31(3)17-25-14-21(7-12-28(25)38-31)8-13-29(35)34(19-30(36)37)18-23-6-11-27(33)26(32)15-23/h4-7,9-12,14-15,20H,8,13,16-19H2,1-3H3,(H,36,37). The number of hydrogen-bond donors (Lipinski definition) is 1. The molecule has 1 N–H and O–H groups in total. The van der Waals surface area contributed by atoms with E-state index >= 15 is 0 Å². The van der Waals surface area contributed by atoms with Crippen molar-refractivity contribution >= 4 is 23.5 Å². The zero-order valence-electron chi connectivity index (χ0n) is 22.0. The van der Waals surface area contributed by atoms with Crippen molar-refractivity contribution in [3.05, 3.63) is 99.3 Å². The van der Waals surface area contributed by atoms with Gasteiger partial charge < -0.3 is 14.7 Å². The molecule has 38 heavy (non-hydrogen) atoms. The van der Waals surface area contributed by atoms with Gasteiger partial charge in [-0.05, 0) is 65.3 Å². The average Bonchev–Trinajstić information content (AvgIpc) is 3.19. The average molecular weight is 538 g/mol. The lowest BCUT2D eigenvalue weighted by Gasteiger charge is -2.24. The van der Waals surface area contributed by atoms with Crippen LogP contribution in [-0.2, 0) is 35.4 Å². The maximum absolute atomic E-state index is 13.5. The highest BCUT2D eigenvalue weighted by molar-refractivity contribution is 6.30. The monoisotopic (exact) mass is 537 g/mol. The number of carbonyl (C=O) groups excluding carboxylic acids is 1. The molecule has 3 aromatic rings. The molecule has 7 heteroatoms. The molecule has 1 heterocycles. The topological polar surface area (TPSA) is 66.8 Å². The summed E-state index contributed by atoms with van der Waals surface area (Å²) < 4.78 is 19.8. The van der Waals surface area contributed by atoms with Crippen molar-refractivity contribution in [3.63, 3.8) is 0 Å². The molecule has 0 fully saturated rings. The number of fused-ring (bicyclic) bond motifs is 1. The number of carboxylic acids is 1. The molecule has 0 saturated heterocycles. The summed E-state index contributed by atoms with van der Waals surface area (Å²) in [6.07, 6.45) is 2.19. The number of carbonyl (C=O) groups is 2. The molecule has 200 valence electrons. The minimum Gasteiger partial charge on any atom is -0.487 e. The van der Waals surface area contributed by atoms with Gasteiger partial charge in [0.1, 0.15) is 23.7 Å². The fourth-order valence-electron chi connectivity index (χ4n) is 4.94. The molecule has 1 unspecified atom stereocenters. The Labute approximate surface area is 228 Å². The summed E-state index contributed by atoms with van der Waals surface area (Å²) >= 11 is 5.85. The highest BCUT2D eigenvalue weighted by Crippen LogP contribution is 2.38. The van der Waals surface area contributed by atoms with Gasteiger partial charge in [0, 0.05) is 25.8 Å². The van der Waals surface area contributed by atoms with Crippen LogP contribution in [0.3, 0.4) is 0 Å². The van der Waals surface area contributed by atoms with Crippen LogP contribution in [-0.4, -0.2) is 34.0 Å². The third-order valence-electron chi connectivity index (χ3n) is 6.93. The molecule has 1 aliphatic heterocycles. The van der Waals surface area contributed by atoms with Crippen molar-refractivity contribution in [1.82, 2.24) is 4.90 Å². The van der Waals surface area contributed by atoms with E-state index in [9.17, 15) is 19.1 Å². The van der Waals surface area contributed by atoms with E-state index in [-0.39, 0.29) is 29.5 Å². The molecule has 1 atom stereocenters. The summed E-state index contributed by atoms with van der Waals surface area (Å²) in [6, 6.07) is 18.8. The Morgan fingerprint density at radius 2 is 1.74 bits per heavy atom. The molecule has 1 aliphatic rings. The lowest BCUT2D eigenvalue weighted by Crippen LogP contribution is -2.35. The number of aliphatic carboxylic acids is 1. The first-order valence-corrected chi connectivity index (χ1v) is 13.2. The van der Waals surface area contributed by atoms with Gasteiger partial charge in [-0.2, -0.15) is 0 Å². The van der Waals surface area contributed by atoms with Crippen LogP contribution in [0.5, 0.6) is 5.75 Å². The third-order valence-corrected chi connectivity index (χ3v) is 7.22. The van der Waals surface area contributed by atoms with Gasteiger partial charge in [0.05, 0.1) is 5.02 Å². The summed E-state index contributed by atoms with van der Waals surface area (Å²) in [4.78, 5) is 25.6. The summed E-state index contributed by atoms with van der Waals surface area (Å²) in [5, 5.41) is 9.23. The van der Waals surface area contributed by atoms with Crippen LogP contribution in [0.1, 0.15) is 60.9 Å². The van der Waals surface area contributed by atoms with E-state index in [0.29, 0.717) is 17.9 Å². The molecule has 0 saturated carbocycles. The van der Waals surface area contributed by atoms with Crippen LogP contribution in [0.15, 0.2) is 60.7 Å². The normalized spacial score (nSPS) is 16.3. The third kappa shape index (κ3) is 6.93. The van der Waals surface area contributed by atoms with Crippen molar-refractivity contribution < 1.29 is 23.8 Å². The molecular formula is C31H33ClFNO4. The Morgan fingerprint density at radius 3 is 2.39 bits per heavy atom. The molecule has 1 amide bonds. The van der Waals surface area contributed by atoms with Crippen LogP contribution in [0.25, 0.3) is 0 Å². The van der Waals surface area contributed by atoms with Crippen molar-refractivity contribution in [3.8, 4) is 5.75 Å². The van der Waals surface area contributed by atoms with E-state index < -0.39 is 18.3 Å². The van der Waals surface area contributed by atoms with Gasteiger partial charge in [-0.1, -0.05) is 67.9 Å². The summed E-state index contributed by atoms with van der Waals surface area (Å²) in [5.41, 5.74) is 4.88. The molecule has 0 bridgehead atoms. The largest absolute Gasteiger partial charge is 0.487 e. The number of amides is 1. The SMILES string of the molecule is CC(C)c1ccc(CC2(C)Cc3cc(CCC(=O)N(CC(=O)O)Cc4ccc(F)c(Cl)c4)ccc3O2)cc1. The van der Waals surface area contributed by atoms with Gasteiger partial charge in [0.2, 0.25) is 5.91 Å². The molecule has 0 aromatic heterocycles. The van der Waals surface area contributed by atoms with Gasteiger partial charge in [0.15, 0.2) is 0 Å². The summed E-state index contributed by atoms with van der Waals surface area (Å²) in [5.74, 6) is -0.609. The predicted molar refractivity (Wildman–Crippen MR) is 146 cm³/mol. The first-order chi connectivity index (χ1) is 18.0. The molecular weight excluding hydrogens is 505 g/mol. The van der Waals surface area contributed by atoms with Crippen LogP contribution >= 0.6 is 11.6 Å². The van der Waals surface area contributed by atoms with E-state index in [1.165, 1.54) is 34.2 Å². The number of carboxylic acid groups (broad SMARTS) is 1. The molecule has 5 nitrogen and oxygen atoms in total. The fraction of sp³-hybridized carbons (Fsp3) is 0.355. The van der Waals surface area contributed by atoms with Gasteiger partial charge in [-0.15, -0.1) is 0 Å². The van der Waals surface area contributed by atoms with E-state index in [4.69, 9.17) is 16.3 Å². The number of hydrogen-bond acceptors (Lipinski definition) is 3.